The summed E-state index contributed by atoms with van der Waals surface area (Å²) in [4.78, 5) is 12.1. The molecule has 0 aliphatic heterocycles. The first-order valence-corrected chi connectivity index (χ1v) is 7.26. The number of alkyl halides is 3. The smallest absolute Gasteiger partial charge is 0.413 e. The molecule has 6 heteroatoms. The fourth-order valence-electron chi connectivity index (χ4n) is 1.70. The van der Waals surface area contributed by atoms with Crippen molar-refractivity contribution in [1.29, 1.82) is 0 Å². The van der Waals surface area contributed by atoms with Crippen LogP contribution in [0.4, 0.5) is 13.2 Å². The third-order valence-electron chi connectivity index (χ3n) is 2.65. The van der Waals surface area contributed by atoms with Gasteiger partial charge in [0.1, 0.15) is 5.76 Å². The zero-order valence-electron chi connectivity index (χ0n) is 11.1. The molecule has 22 heavy (non-hydrogen) atoms. The molecule has 0 saturated carbocycles. The van der Waals surface area contributed by atoms with Gasteiger partial charge < -0.3 is 4.74 Å². The summed E-state index contributed by atoms with van der Waals surface area (Å²) in [5.74, 6) is -1.36. The highest BCUT2D eigenvalue weighted by molar-refractivity contribution is 14.1. The van der Waals surface area contributed by atoms with E-state index >= 15 is 0 Å². The maximum atomic E-state index is 12.7. The second kappa shape index (κ2) is 6.95. The van der Waals surface area contributed by atoms with Gasteiger partial charge in [-0.25, -0.2) is 4.79 Å². The van der Waals surface area contributed by atoms with Crippen molar-refractivity contribution in [3.63, 3.8) is 0 Å². The molecule has 0 aliphatic carbocycles. The summed E-state index contributed by atoms with van der Waals surface area (Å²) < 4.78 is 43.5. The van der Waals surface area contributed by atoms with E-state index in [9.17, 15) is 18.0 Å². The summed E-state index contributed by atoms with van der Waals surface area (Å²) in [6.45, 7) is 0. The number of esters is 1. The average molecular weight is 418 g/mol. The van der Waals surface area contributed by atoms with Crippen molar-refractivity contribution in [3.05, 3.63) is 75.4 Å². The number of ether oxygens (including phenoxy) is 1. The van der Waals surface area contributed by atoms with Gasteiger partial charge in [-0.1, -0.05) is 42.5 Å². The van der Waals surface area contributed by atoms with Crippen LogP contribution in [0.2, 0.25) is 0 Å². The van der Waals surface area contributed by atoms with Gasteiger partial charge in [0.15, 0.2) is 0 Å². The van der Waals surface area contributed by atoms with Crippen LogP contribution in [0.25, 0.3) is 5.76 Å². The number of hydrogen-bond donors (Lipinski definition) is 0. The quantitative estimate of drug-likeness (QED) is 0.396. The van der Waals surface area contributed by atoms with Crippen LogP contribution in [0.15, 0.2) is 60.7 Å². The molecule has 0 saturated heterocycles. The molecule has 0 amide bonds. The highest BCUT2D eigenvalue weighted by Gasteiger charge is 2.27. The number of allylic oxidation sites excluding steroid dienone is 1. The van der Waals surface area contributed by atoms with Crippen molar-refractivity contribution in [3.8, 4) is 0 Å². The van der Waals surface area contributed by atoms with Gasteiger partial charge in [-0.2, -0.15) is 13.2 Å². The lowest BCUT2D eigenvalue weighted by molar-refractivity contribution is -0.0802. The lowest BCUT2D eigenvalue weighted by Gasteiger charge is -2.11. The normalized spacial score (nSPS) is 12.1. The Kier molecular flexibility index (Phi) is 5.23. The number of hydrogen-bond acceptors (Lipinski definition) is 2. The molecule has 0 spiro atoms. The van der Waals surface area contributed by atoms with Gasteiger partial charge >= 0.3 is 12.1 Å². The van der Waals surface area contributed by atoms with Gasteiger partial charge in [0.2, 0.25) is 0 Å². The Hall–Kier alpha value is -1.83. The first-order valence-electron chi connectivity index (χ1n) is 6.18. The van der Waals surface area contributed by atoms with E-state index in [-0.39, 0.29) is 17.2 Å². The fraction of sp³-hybridized carbons (Fsp3) is 0.0625. The molecule has 2 aromatic carbocycles. The van der Waals surface area contributed by atoms with E-state index in [2.05, 4.69) is 0 Å². The molecule has 2 aromatic rings. The van der Waals surface area contributed by atoms with Crippen LogP contribution in [-0.2, 0) is 4.74 Å². The maximum Gasteiger partial charge on any atom is 0.413 e. The summed E-state index contributed by atoms with van der Waals surface area (Å²) in [5, 5.41) is 0. The molecule has 0 aromatic heterocycles. The average Bonchev–Trinajstić information content (AvgIpc) is 2.46. The predicted octanol–water partition coefficient (Wildman–Crippen LogP) is 5.05. The van der Waals surface area contributed by atoms with E-state index < -0.39 is 17.9 Å². The van der Waals surface area contributed by atoms with Crippen LogP contribution in [0.3, 0.4) is 0 Å². The topological polar surface area (TPSA) is 26.3 Å². The van der Waals surface area contributed by atoms with Gasteiger partial charge in [0.25, 0.3) is 0 Å². The second-order valence-corrected chi connectivity index (χ2v) is 5.45. The fourth-order valence-corrected chi connectivity index (χ4v) is 2.31. The van der Waals surface area contributed by atoms with E-state index in [0.29, 0.717) is 3.57 Å². The molecule has 114 valence electrons. The highest BCUT2D eigenvalue weighted by Crippen LogP contribution is 2.26. The Bertz CT molecular complexity index is 694. The molecule has 2 nitrogen and oxygen atoms in total. The molecule has 0 atom stereocenters. The standard InChI is InChI=1S/C16H10F3IO2/c17-16(18,19)10-14(11-6-2-1-3-7-11)22-15(21)12-8-4-5-9-13(12)20/h1-10H/b14-10+. The number of benzene rings is 2. The monoisotopic (exact) mass is 418 g/mol. The minimum atomic E-state index is -4.59. The van der Waals surface area contributed by atoms with Crippen molar-refractivity contribution < 1.29 is 22.7 Å². The molecule has 0 heterocycles. The van der Waals surface area contributed by atoms with Crippen molar-refractivity contribution in [1.82, 2.24) is 0 Å². The SMILES string of the molecule is O=C(O/C(=C/C(F)(F)F)c1ccccc1)c1ccccc1I. The summed E-state index contributed by atoms with van der Waals surface area (Å²) in [6, 6.07) is 14.2. The third kappa shape index (κ3) is 4.59. The Morgan fingerprint density at radius 1 is 1.00 bits per heavy atom. The summed E-state index contributed by atoms with van der Waals surface area (Å²) in [7, 11) is 0. The van der Waals surface area contributed by atoms with Gasteiger partial charge in [-0.15, -0.1) is 0 Å². The maximum absolute atomic E-state index is 12.7. The molecule has 0 N–H and O–H groups in total. The second-order valence-electron chi connectivity index (χ2n) is 4.29. The Balaban J connectivity index is 2.34. The Labute approximate surface area is 138 Å². The third-order valence-corrected chi connectivity index (χ3v) is 3.59. The summed E-state index contributed by atoms with van der Waals surface area (Å²) in [5.41, 5.74) is 0.395. The Morgan fingerprint density at radius 3 is 2.18 bits per heavy atom. The molecule has 0 fully saturated rings. The number of carbonyl (C=O) groups is 1. The van der Waals surface area contributed by atoms with Gasteiger partial charge in [-0.05, 0) is 34.7 Å². The van der Waals surface area contributed by atoms with E-state index in [1.54, 1.807) is 36.4 Å². The van der Waals surface area contributed by atoms with E-state index in [1.807, 2.05) is 22.6 Å². The summed E-state index contributed by atoms with van der Waals surface area (Å²) >= 11 is 1.92. The molecule has 0 aliphatic rings. The number of rotatable bonds is 3. The van der Waals surface area contributed by atoms with Crippen molar-refractivity contribution in [2.45, 2.75) is 6.18 Å². The first-order chi connectivity index (χ1) is 10.4. The highest BCUT2D eigenvalue weighted by atomic mass is 127. The molecular weight excluding hydrogens is 408 g/mol. The largest absolute Gasteiger partial charge is 0.422 e. The van der Waals surface area contributed by atoms with Crippen LogP contribution >= 0.6 is 22.6 Å². The van der Waals surface area contributed by atoms with E-state index in [4.69, 9.17) is 4.74 Å². The Morgan fingerprint density at radius 2 is 1.59 bits per heavy atom. The minimum absolute atomic E-state index is 0.0178. The minimum Gasteiger partial charge on any atom is -0.422 e. The van der Waals surface area contributed by atoms with Crippen LogP contribution in [0, 0.1) is 3.57 Å². The molecule has 0 unspecified atom stereocenters. The van der Waals surface area contributed by atoms with Crippen LogP contribution in [-0.4, -0.2) is 12.1 Å². The van der Waals surface area contributed by atoms with E-state index in [1.165, 1.54) is 18.2 Å². The first kappa shape index (κ1) is 16.5. The zero-order chi connectivity index (χ0) is 16.2. The van der Waals surface area contributed by atoms with Gasteiger partial charge in [0, 0.05) is 9.13 Å². The lowest BCUT2D eigenvalue weighted by Crippen LogP contribution is -2.10. The molecule has 0 bridgehead atoms. The van der Waals surface area contributed by atoms with Crippen LogP contribution in [0.1, 0.15) is 15.9 Å². The predicted molar refractivity (Wildman–Crippen MR) is 85.0 cm³/mol. The van der Waals surface area contributed by atoms with Crippen LogP contribution in [0.5, 0.6) is 0 Å². The van der Waals surface area contributed by atoms with Crippen molar-refractivity contribution >= 4 is 34.3 Å². The zero-order valence-corrected chi connectivity index (χ0v) is 13.3. The van der Waals surface area contributed by atoms with Crippen LogP contribution < -0.4 is 0 Å². The summed E-state index contributed by atoms with van der Waals surface area (Å²) in [6.07, 6.45) is -4.61. The van der Waals surface area contributed by atoms with Gasteiger partial charge in [-0.3, -0.25) is 0 Å². The molecule has 0 radical (unpaired) electrons. The van der Waals surface area contributed by atoms with Crippen molar-refractivity contribution in [2.24, 2.45) is 0 Å². The number of halogens is 4. The molecular formula is C16H10F3IO2. The number of carbonyl (C=O) groups excluding carboxylic acids is 1. The van der Waals surface area contributed by atoms with E-state index in [0.717, 1.165) is 0 Å². The van der Waals surface area contributed by atoms with Gasteiger partial charge in [0.05, 0.1) is 11.6 Å². The molecule has 2 rings (SSSR count). The lowest BCUT2D eigenvalue weighted by atomic mass is 10.1. The van der Waals surface area contributed by atoms with Crippen molar-refractivity contribution in [2.75, 3.05) is 0 Å².